The Labute approximate surface area is 247 Å². The maximum Gasteiger partial charge on any atom is 0.416 e. The Morgan fingerprint density at radius 2 is 1.51 bits per heavy atom. The first-order chi connectivity index (χ1) is 20.4. The van der Waals surface area contributed by atoms with Crippen LogP contribution in [0.1, 0.15) is 60.0 Å². The Kier molecular flexibility index (Phi) is 8.64. The summed E-state index contributed by atoms with van der Waals surface area (Å²) in [6.45, 7) is 2.01. The van der Waals surface area contributed by atoms with Crippen molar-refractivity contribution in [2.45, 2.75) is 68.7 Å². The van der Waals surface area contributed by atoms with E-state index in [-0.39, 0.29) is 48.6 Å². The van der Waals surface area contributed by atoms with Crippen LogP contribution in [0.5, 0.6) is 0 Å². The molecule has 0 aromatic heterocycles. The summed E-state index contributed by atoms with van der Waals surface area (Å²) in [5.74, 6) is -0.403. The van der Waals surface area contributed by atoms with E-state index >= 15 is 0 Å². The van der Waals surface area contributed by atoms with Crippen molar-refractivity contribution in [2.24, 2.45) is 5.92 Å². The zero-order chi connectivity index (χ0) is 31.0. The number of ether oxygens (including phenoxy) is 1. The molecule has 0 aliphatic carbocycles. The molecule has 3 aromatic rings. The van der Waals surface area contributed by atoms with Crippen LogP contribution in [0.15, 0.2) is 78.9 Å². The molecule has 2 heterocycles. The van der Waals surface area contributed by atoms with Gasteiger partial charge in [0.15, 0.2) is 0 Å². The van der Waals surface area contributed by atoms with Gasteiger partial charge in [-0.25, -0.2) is 0 Å². The third-order valence-electron chi connectivity index (χ3n) is 8.98. The van der Waals surface area contributed by atoms with Gasteiger partial charge in [-0.15, -0.1) is 0 Å². The number of nitrogens with one attached hydrogen (secondary N) is 1. The molecule has 2 bridgehead atoms. The van der Waals surface area contributed by atoms with E-state index in [9.17, 15) is 31.1 Å². The summed E-state index contributed by atoms with van der Waals surface area (Å²) in [5, 5.41) is 2.81. The van der Waals surface area contributed by atoms with Crippen LogP contribution in [0.2, 0.25) is 0 Å². The number of halogens is 6. The fourth-order valence-corrected chi connectivity index (χ4v) is 7.13. The molecular formula is C33H34F6N2O2. The molecule has 0 saturated carbocycles. The number of fused-ring (bicyclic) bond motifs is 2. The molecule has 2 aliphatic rings. The molecule has 4 nitrogen and oxygen atoms in total. The average Bonchev–Trinajstić information content (AvgIpc) is 3.24. The van der Waals surface area contributed by atoms with Crippen LogP contribution in [0, 0.1) is 5.92 Å². The van der Waals surface area contributed by atoms with Crippen LogP contribution in [0.25, 0.3) is 0 Å². The molecule has 43 heavy (non-hydrogen) atoms. The molecule has 5 rings (SSSR count). The van der Waals surface area contributed by atoms with Crippen LogP contribution in [-0.2, 0) is 33.8 Å². The third kappa shape index (κ3) is 6.04. The Hall–Kier alpha value is -3.37. The summed E-state index contributed by atoms with van der Waals surface area (Å²) in [7, 11) is 1.61. The molecule has 3 aromatic carbocycles. The monoisotopic (exact) mass is 604 g/mol. The molecule has 2 aliphatic heterocycles. The Morgan fingerprint density at radius 3 is 2.07 bits per heavy atom. The van der Waals surface area contributed by atoms with Gasteiger partial charge >= 0.3 is 12.4 Å². The van der Waals surface area contributed by atoms with Gasteiger partial charge in [0.2, 0.25) is 5.91 Å². The van der Waals surface area contributed by atoms with Gasteiger partial charge in [0, 0.05) is 19.1 Å². The molecule has 10 heteroatoms. The van der Waals surface area contributed by atoms with Gasteiger partial charge in [-0.2, -0.15) is 26.3 Å². The first-order valence-corrected chi connectivity index (χ1v) is 14.4. The maximum absolute atomic E-state index is 13.4. The van der Waals surface area contributed by atoms with Gasteiger partial charge in [0.25, 0.3) is 0 Å². The van der Waals surface area contributed by atoms with Crippen molar-refractivity contribution in [3.05, 3.63) is 107 Å². The number of benzene rings is 3. The van der Waals surface area contributed by atoms with E-state index in [0.29, 0.717) is 19.3 Å². The summed E-state index contributed by atoms with van der Waals surface area (Å²) in [6.07, 6.45) is -8.73. The molecule has 5 atom stereocenters. The second kappa shape index (κ2) is 12.0. The van der Waals surface area contributed by atoms with Crippen molar-refractivity contribution in [1.82, 2.24) is 10.2 Å². The molecule has 1 amide bonds. The van der Waals surface area contributed by atoms with Gasteiger partial charge in [0.1, 0.15) is 0 Å². The predicted octanol–water partition coefficient (Wildman–Crippen LogP) is 7.54. The standard InChI is InChI=1S/C33H34F6N2O2/c1-21(23-9-5-3-6-10-23)41-28-13-14-29(31(41,20-27(28)30(42)40-2)24-11-7-4-8-12-24)43-16-15-22-17-25(32(34,35)36)19-26(18-22)33(37,38)39/h3-12,17-19,21,27-29H,13-16,20H2,1-2H3,(H,40,42). The lowest BCUT2D eigenvalue weighted by atomic mass is 9.77. The normalized spacial score (nSPS) is 25.0. The summed E-state index contributed by atoms with van der Waals surface area (Å²) in [5.41, 5.74) is -1.52. The highest BCUT2D eigenvalue weighted by Gasteiger charge is 2.62. The van der Waals surface area contributed by atoms with Gasteiger partial charge < -0.3 is 10.1 Å². The number of carbonyl (C=O) groups is 1. The minimum absolute atomic E-state index is 0.0719. The van der Waals surface area contributed by atoms with E-state index in [1.807, 2.05) is 60.7 Å². The second-order valence-corrected chi connectivity index (χ2v) is 11.4. The maximum atomic E-state index is 13.4. The first-order valence-electron chi connectivity index (χ1n) is 14.4. The van der Waals surface area contributed by atoms with Crippen LogP contribution >= 0.6 is 0 Å². The van der Waals surface area contributed by atoms with Crippen molar-refractivity contribution in [3.8, 4) is 0 Å². The summed E-state index contributed by atoms with van der Waals surface area (Å²) < 4.78 is 87.1. The minimum atomic E-state index is -4.92. The molecule has 0 radical (unpaired) electrons. The highest BCUT2D eigenvalue weighted by Crippen LogP contribution is 2.57. The third-order valence-corrected chi connectivity index (χ3v) is 8.98. The lowest BCUT2D eigenvalue weighted by molar-refractivity contribution is -0.143. The van der Waals surface area contributed by atoms with Crippen molar-refractivity contribution in [2.75, 3.05) is 13.7 Å². The lowest BCUT2D eigenvalue weighted by Crippen LogP contribution is -2.58. The van der Waals surface area contributed by atoms with Crippen molar-refractivity contribution in [1.29, 1.82) is 0 Å². The van der Waals surface area contributed by atoms with Gasteiger partial charge in [-0.1, -0.05) is 60.7 Å². The Bertz CT molecular complexity index is 1380. The average molecular weight is 605 g/mol. The zero-order valence-electron chi connectivity index (χ0n) is 23.9. The highest BCUT2D eigenvalue weighted by molar-refractivity contribution is 5.80. The number of carbonyl (C=O) groups excluding carboxylic acids is 1. The molecule has 0 spiro atoms. The topological polar surface area (TPSA) is 41.6 Å². The predicted molar refractivity (Wildman–Crippen MR) is 150 cm³/mol. The van der Waals surface area contributed by atoms with Crippen molar-refractivity contribution in [3.63, 3.8) is 0 Å². The number of piperidine rings is 1. The number of amides is 1. The van der Waals surface area contributed by atoms with Crippen LogP contribution in [0.4, 0.5) is 26.3 Å². The van der Waals surface area contributed by atoms with Crippen LogP contribution in [-0.4, -0.2) is 36.6 Å². The molecule has 230 valence electrons. The van der Waals surface area contributed by atoms with Crippen molar-refractivity contribution >= 4 is 5.91 Å². The summed E-state index contributed by atoms with van der Waals surface area (Å²) in [6, 6.07) is 21.1. The van der Waals surface area contributed by atoms with Crippen LogP contribution in [0.3, 0.4) is 0 Å². The molecule has 1 N–H and O–H groups in total. The zero-order valence-corrected chi connectivity index (χ0v) is 23.9. The molecule has 5 unspecified atom stereocenters. The number of alkyl halides is 6. The highest BCUT2D eigenvalue weighted by atomic mass is 19.4. The number of rotatable bonds is 8. The quantitative estimate of drug-likeness (QED) is 0.270. The lowest BCUT2D eigenvalue weighted by Gasteiger charge is -2.52. The van der Waals surface area contributed by atoms with E-state index in [0.717, 1.165) is 23.3 Å². The summed E-state index contributed by atoms with van der Waals surface area (Å²) in [4.78, 5) is 15.6. The number of hydrogen-bond acceptors (Lipinski definition) is 3. The number of nitrogens with zero attached hydrogens (tertiary/aromatic N) is 1. The largest absolute Gasteiger partial charge is 0.416 e. The first kappa shape index (κ1) is 31.1. The van der Waals surface area contributed by atoms with Gasteiger partial charge in [-0.3, -0.25) is 9.69 Å². The van der Waals surface area contributed by atoms with E-state index < -0.39 is 35.1 Å². The Morgan fingerprint density at radius 1 is 0.930 bits per heavy atom. The van der Waals surface area contributed by atoms with E-state index in [4.69, 9.17) is 4.74 Å². The Balaban J connectivity index is 1.50. The second-order valence-electron chi connectivity index (χ2n) is 11.4. The van der Waals surface area contributed by atoms with Crippen molar-refractivity contribution < 1.29 is 35.9 Å². The molecular weight excluding hydrogens is 570 g/mol. The molecule has 2 fully saturated rings. The molecule has 2 saturated heterocycles. The summed E-state index contributed by atoms with van der Waals surface area (Å²) >= 11 is 0. The fraction of sp³-hybridized carbons (Fsp3) is 0.424. The number of hydrogen-bond donors (Lipinski definition) is 1. The smallest absolute Gasteiger partial charge is 0.376 e. The van der Waals surface area contributed by atoms with E-state index in [1.165, 1.54) is 0 Å². The minimum Gasteiger partial charge on any atom is -0.376 e. The van der Waals surface area contributed by atoms with Crippen LogP contribution < -0.4 is 5.32 Å². The van der Waals surface area contributed by atoms with E-state index in [1.54, 1.807) is 7.05 Å². The van der Waals surface area contributed by atoms with Gasteiger partial charge in [0.05, 0.1) is 35.3 Å². The van der Waals surface area contributed by atoms with E-state index in [2.05, 4.69) is 17.1 Å². The SMILES string of the molecule is CNC(=O)C1CC2(c3ccccc3)C(OCCc3cc(C(F)(F)F)cc(C(F)(F)F)c3)CCC1N2C(C)c1ccccc1. The van der Waals surface area contributed by atoms with Gasteiger partial charge in [-0.05, 0) is 67.5 Å². The fourth-order valence-electron chi connectivity index (χ4n) is 7.13.